The van der Waals surface area contributed by atoms with E-state index < -0.39 is 36.4 Å². The van der Waals surface area contributed by atoms with Gasteiger partial charge in [0.15, 0.2) is 5.60 Å². The van der Waals surface area contributed by atoms with Gasteiger partial charge in [-0.25, -0.2) is 4.79 Å². The third kappa shape index (κ3) is 9.10. The van der Waals surface area contributed by atoms with E-state index in [1.54, 1.807) is 0 Å². The van der Waals surface area contributed by atoms with Crippen LogP contribution in [-0.2, 0) is 31.5 Å². The van der Waals surface area contributed by atoms with Crippen LogP contribution in [0.25, 0.3) is 0 Å². The molecule has 0 aliphatic rings. The standard InChI is InChI=1S/C6H8O7.Fe.H3N.Na.H/c7-3(8)1-6(13,5(11)12)2-4(9)10;;;;/h13H,1-2H2,(H,7,8)(H,9,10)(H,11,12);;1H3;;. The van der Waals surface area contributed by atoms with Crippen molar-refractivity contribution in [2.45, 2.75) is 18.4 Å². The van der Waals surface area contributed by atoms with Crippen molar-refractivity contribution in [2.75, 3.05) is 0 Å². The molecule has 0 aliphatic heterocycles. The number of aliphatic hydroxyl groups is 1. The Labute approximate surface area is 123 Å². The summed E-state index contributed by atoms with van der Waals surface area (Å²) in [5.41, 5.74) is -2.74. The molecule has 0 atom stereocenters. The van der Waals surface area contributed by atoms with E-state index in [0.29, 0.717) is 0 Å². The zero-order valence-electron chi connectivity index (χ0n) is 7.49. The number of hydrogen-bond donors (Lipinski definition) is 5. The molecule has 92 valence electrons. The van der Waals surface area contributed by atoms with E-state index in [-0.39, 0.29) is 52.8 Å². The Morgan fingerprint density at radius 3 is 1.31 bits per heavy atom. The molecule has 0 aromatic heterocycles. The number of carboxylic acid groups (broad SMARTS) is 3. The fourth-order valence-corrected chi connectivity index (χ4v) is 0.714. The van der Waals surface area contributed by atoms with E-state index in [1.165, 1.54) is 0 Å². The summed E-state index contributed by atoms with van der Waals surface area (Å²) in [6.45, 7) is 0. The first kappa shape index (κ1) is 24.9. The molecule has 0 aromatic carbocycles. The molecular formula is C6H12FeNNaO7. The van der Waals surface area contributed by atoms with E-state index in [0.717, 1.165) is 0 Å². The fourth-order valence-electron chi connectivity index (χ4n) is 0.714. The zero-order chi connectivity index (χ0) is 10.6. The Hall–Kier alpha value is -0.151. The fraction of sp³-hybridized carbons (Fsp3) is 0.500. The van der Waals surface area contributed by atoms with Gasteiger partial charge in [-0.05, 0) is 0 Å². The number of carboxylic acids is 3. The topological polar surface area (TPSA) is 167 Å². The summed E-state index contributed by atoms with van der Waals surface area (Å²) < 4.78 is 0. The van der Waals surface area contributed by atoms with Crippen molar-refractivity contribution in [3.8, 4) is 0 Å². The van der Waals surface area contributed by atoms with E-state index >= 15 is 0 Å². The van der Waals surface area contributed by atoms with E-state index in [2.05, 4.69) is 0 Å². The normalized spacial score (nSPS) is 8.81. The predicted octanol–water partition coefficient (Wildman–Crippen LogP) is -1.74. The van der Waals surface area contributed by atoms with Crippen LogP contribution < -0.4 is 6.15 Å². The molecule has 10 heteroatoms. The molecular weight excluding hydrogens is 277 g/mol. The Balaban J connectivity index is -0.000000240. The molecule has 0 aliphatic carbocycles. The molecule has 0 bridgehead atoms. The summed E-state index contributed by atoms with van der Waals surface area (Å²) in [5.74, 6) is -5.02. The molecule has 0 saturated carbocycles. The van der Waals surface area contributed by atoms with Gasteiger partial charge in [0.1, 0.15) is 0 Å². The SMILES string of the molecule is N.O=C(O)CC(O)(CC(=O)O)C(=O)O.[Fe].[NaH]. The minimum atomic E-state index is -2.74. The molecule has 0 heterocycles. The van der Waals surface area contributed by atoms with Crippen LogP contribution in [0, 0.1) is 0 Å². The third-order valence-electron chi connectivity index (χ3n) is 1.29. The minimum absolute atomic E-state index is 0. The maximum atomic E-state index is 10.3. The Morgan fingerprint density at radius 1 is 0.938 bits per heavy atom. The van der Waals surface area contributed by atoms with Gasteiger partial charge in [-0.1, -0.05) is 0 Å². The molecule has 16 heavy (non-hydrogen) atoms. The summed E-state index contributed by atoms with van der Waals surface area (Å²) in [6.07, 6.45) is -2.29. The molecule has 0 spiro atoms. The van der Waals surface area contributed by atoms with Crippen molar-refractivity contribution in [1.82, 2.24) is 6.15 Å². The van der Waals surface area contributed by atoms with Crippen LogP contribution in [0.4, 0.5) is 0 Å². The average molecular weight is 289 g/mol. The van der Waals surface area contributed by atoms with Crippen molar-refractivity contribution >= 4 is 47.5 Å². The first-order chi connectivity index (χ1) is 5.78. The predicted molar refractivity (Wildman–Crippen MR) is 49.3 cm³/mol. The van der Waals surface area contributed by atoms with Crippen molar-refractivity contribution < 1.29 is 51.9 Å². The number of hydrogen-bond acceptors (Lipinski definition) is 5. The molecule has 0 rings (SSSR count). The van der Waals surface area contributed by atoms with Crippen LogP contribution in [0.3, 0.4) is 0 Å². The van der Waals surface area contributed by atoms with Gasteiger partial charge in [-0.15, -0.1) is 0 Å². The molecule has 0 aromatic rings. The molecule has 0 saturated heterocycles. The van der Waals surface area contributed by atoms with Gasteiger partial charge in [0, 0.05) is 17.1 Å². The van der Waals surface area contributed by atoms with Gasteiger partial charge in [0.2, 0.25) is 0 Å². The van der Waals surface area contributed by atoms with E-state index in [1.807, 2.05) is 0 Å². The summed E-state index contributed by atoms with van der Waals surface area (Å²) in [7, 11) is 0. The van der Waals surface area contributed by atoms with Crippen molar-refractivity contribution in [1.29, 1.82) is 0 Å². The van der Waals surface area contributed by atoms with Crippen molar-refractivity contribution in [2.24, 2.45) is 0 Å². The Bertz CT molecular complexity index is 243. The molecule has 0 amide bonds. The first-order valence-corrected chi connectivity index (χ1v) is 3.17. The summed E-state index contributed by atoms with van der Waals surface area (Å²) in [6, 6.07) is 0. The molecule has 8 nitrogen and oxygen atoms in total. The van der Waals surface area contributed by atoms with Crippen LogP contribution in [0.1, 0.15) is 12.8 Å². The van der Waals surface area contributed by atoms with Gasteiger partial charge >= 0.3 is 47.5 Å². The average Bonchev–Trinajstić information content (AvgIpc) is 1.82. The molecule has 0 radical (unpaired) electrons. The summed E-state index contributed by atoms with van der Waals surface area (Å²) in [5, 5.41) is 33.8. The second-order valence-electron chi connectivity index (χ2n) is 2.48. The van der Waals surface area contributed by atoms with E-state index in [4.69, 9.17) is 20.4 Å². The summed E-state index contributed by atoms with van der Waals surface area (Å²) in [4.78, 5) is 30.5. The number of aliphatic carboxylic acids is 3. The third-order valence-corrected chi connectivity index (χ3v) is 1.29. The van der Waals surface area contributed by atoms with Gasteiger partial charge in [-0.2, -0.15) is 0 Å². The van der Waals surface area contributed by atoms with Gasteiger partial charge in [0.05, 0.1) is 12.8 Å². The zero-order valence-corrected chi connectivity index (χ0v) is 8.59. The van der Waals surface area contributed by atoms with Gasteiger partial charge < -0.3 is 26.6 Å². The Morgan fingerprint density at radius 2 is 1.19 bits per heavy atom. The van der Waals surface area contributed by atoms with Crippen molar-refractivity contribution in [3.05, 3.63) is 0 Å². The number of carbonyl (C=O) groups is 3. The monoisotopic (exact) mass is 289 g/mol. The van der Waals surface area contributed by atoms with Crippen molar-refractivity contribution in [3.63, 3.8) is 0 Å². The molecule has 0 unspecified atom stereocenters. The van der Waals surface area contributed by atoms with Crippen LogP contribution in [0.15, 0.2) is 0 Å². The van der Waals surface area contributed by atoms with Crippen LogP contribution in [-0.4, -0.2) is 73.5 Å². The van der Waals surface area contributed by atoms with Gasteiger partial charge in [-0.3, -0.25) is 9.59 Å². The van der Waals surface area contributed by atoms with Gasteiger partial charge in [0.25, 0.3) is 0 Å². The number of rotatable bonds is 5. The maximum absolute atomic E-state index is 10.3. The van der Waals surface area contributed by atoms with Crippen LogP contribution >= 0.6 is 0 Å². The van der Waals surface area contributed by atoms with Crippen LogP contribution in [0.2, 0.25) is 0 Å². The molecule has 7 N–H and O–H groups in total. The second kappa shape index (κ2) is 10.0. The summed E-state index contributed by atoms with van der Waals surface area (Å²) >= 11 is 0. The second-order valence-corrected chi connectivity index (χ2v) is 2.48. The Kier molecular flexibility index (Phi) is 15.6. The molecule has 0 fully saturated rings. The quantitative estimate of drug-likeness (QED) is 0.372. The first-order valence-electron chi connectivity index (χ1n) is 3.17. The van der Waals surface area contributed by atoms with E-state index in [9.17, 15) is 14.4 Å². The van der Waals surface area contributed by atoms with Crippen LogP contribution in [0.5, 0.6) is 0 Å².